The summed E-state index contributed by atoms with van der Waals surface area (Å²) in [5, 5.41) is 0. The van der Waals surface area contributed by atoms with Crippen LogP contribution in [0.15, 0.2) is 30.3 Å². The predicted octanol–water partition coefficient (Wildman–Crippen LogP) is 2.05. The molecule has 1 aliphatic rings. The third-order valence-corrected chi connectivity index (χ3v) is 4.97. The zero-order valence-electron chi connectivity index (χ0n) is 13.3. The van der Waals surface area contributed by atoms with Crippen molar-refractivity contribution in [3.8, 4) is 0 Å². The van der Waals surface area contributed by atoms with Crippen LogP contribution in [0, 0.1) is 5.92 Å². The molecule has 2 rings (SSSR count). The molecule has 1 unspecified atom stereocenters. The van der Waals surface area contributed by atoms with Gasteiger partial charge in [0.25, 0.3) is 0 Å². The van der Waals surface area contributed by atoms with Gasteiger partial charge in [0.15, 0.2) is 0 Å². The molecular formula is C16H23FN2O3S. The topological polar surface area (TPSA) is 57.7 Å². The highest BCUT2D eigenvalue weighted by molar-refractivity contribution is 7.86. The van der Waals surface area contributed by atoms with Crippen molar-refractivity contribution >= 4 is 21.8 Å². The molecule has 7 heteroatoms. The Morgan fingerprint density at radius 1 is 1.26 bits per heavy atom. The van der Waals surface area contributed by atoms with E-state index in [2.05, 4.69) is 4.90 Å². The van der Waals surface area contributed by atoms with Gasteiger partial charge in [-0.15, -0.1) is 3.89 Å². The summed E-state index contributed by atoms with van der Waals surface area (Å²) in [4.78, 5) is 15.6. The molecule has 1 aromatic carbocycles. The van der Waals surface area contributed by atoms with Gasteiger partial charge in [-0.2, -0.15) is 8.42 Å². The van der Waals surface area contributed by atoms with E-state index in [1.54, 1.807) is 4.90 Å². The molecule has 0 spiro atoms. The van der Waals surface area contributed by atoms with Crippen molar-refractivity contribution in [3.05, 3.63) is 30.3 Å². The Kier molecular flexibility index (Phi) is 5.98. The lowest BCUT2D eigenvalue weighted by Crippen LogP contribution is -2.28. The van der Waals surface area contributed by atoms with Crippen molar-refractivity contribution in [2.75, 3.05) is 37.3 Å². The number of hydrogen-bond donors (Lipinski definition) is 0. The Morgan fingerprint density at radius 3 is 2.61 bits per heavy atom. The van der Waals surface area contributed by atoms with Gasteiger partial charge in [-0.3, -0.25) is 4.79 Å². The summed E-state index contributed by atoms with van der Waals surface area (Å²) in [5.41, 5.74) is 1.15. The predicted molar refractivity (Wildman–Crippen MR) is 88.5 cm³/mol. The number of carbonyl (C=O) groups excluding carboxylic acids is 1. The number of carbonyl (C=O) groups is 1. The Balaban J connectivity index is 1.69. The average Bonchev–Trinajstić information content (AvgIpc) is 2.82. The third kappa shape index (κ3) is 5.82. The van der Waals surface area contributed by atoms with Gasteiger partial charge in [-0.05, 0) is 25.0 Å². The van der Waals surface area contributed by atoms with E-state index in [0.717, 1.165) is 25.1 Å². The molecule has 1 fully saturated rings. The Morgan fingerprint density at radius 2 is 1.96 bits per heavy atom. The largest absolute Gasteiger partial charge is 0.375 e. The summed E-state index contributed by atoms with van der Waals surface area (Å²) >= 11 is 0. The van der Waals surface area contributed by atoms with Gasteiger partial charge in [-0.25, -0.2) is 0 Å². The summed E-state index contributed by atoms with van der Waals surface area (Å²) in [6.07, 6.45) is 1.91. The van der Waals surface area contributed by atoms with E-state index in [4.69, 9.17) is 0 Å². The molecule has 23 heavy (non-hydrogen) atoms. The van der Waals surface area contributed by atoms with Crippen LogP contribution >= 0.6 is 0 Å². The maximum Gasteiger partial charge on any atom is 0.302 e. The minimum Gasteiger partial charge on any atom is -0.375 e. The first-order valence-electron chi connectivity index (χ1n) is 7.81. The van der Waals surface area contributed by atoms with Gasteiger partial charge in [0, 0.05) is 44.7 Å². The molecule has 1 aliphatic heterocycles. The normalized spacial score (nSPS) is 18.4. The van der Waals surface area contributed by atoms with E-state index >= 15 is 0 Å². The standard InChI is InChI=1S/C16H23FN2O3S/c1-18(15-7-3-2-4-8-15)9-5-6-10-19-12-14(11-16(19)20)13-23(17,21)22/h2-4,7-8,14H,5-6,9-13H2,1H3. The number of likely N-dealkylation sites (tertiary alicyclic amines) is 1. The van der Waals surface area contributed by atoms with Gasteiger partial charge in [0.2, 0.25) is 5.91 Å². The van der Waals surface area contributed by atoms with Crippen LogP contribution in [0.1, 0.15) is 19.3 Å². The highest BCUT2D eigenvalue weighted by Gasteiger charge is 2.32. The van der Waals surface area contributed by atoms with Crippen molar-refractivity contribution in [1.82, 2.24) is 4.90 Å². The smallest absolute Gasteiger partial charge is 0.302 e. The van der Waals surface area contributed by atoms with E-state index in [0.29, 0.717) is 13.1 Å². The fourth-order valence-corrected chi connectivity index (χ4v) is 3.71. The van der Waals surface area contributed by atoms with Gasteiger partial charge in [-0.1, -0.05) is 18.2 Å². The number of rotatable bonds is 8. The lowest BCUT2D eigenvalue weighted by atomic mass is 10.1. The molecule has 0 aromatic heterocycles. The third-order valence-electron chi connectivity index (χ3n) is 4.10. The minimum absolute atomic E-state index is 0.0740. The van der Waals surface area contributed by atoms with Crippen LogP contribution < -0.4 is 4.90 Å². The summed E-state index contributed by atoms with van der Waals surface area (Å²) in [6, 6.07) is 10.1. The van der Waals surface area contributed by atoms with E-state index < -0.39 is 21.9 Å². The van der Waals surface area contributed by atoms with Crippen molar-refractivity contribution in [2.24, 2.45) is 5.92 Å². The number of hydrogen-bond acceptors (Lipinski definition) is 4. The lowest BCUT2D eigenvalue weighted by molar-refractivity contribution is -0.127. The van der Waals surface area contributed by atoms with Crippen molar-refractivity contribution in [3.63, 3.8) is 0 Å². The second-order valence-electron chi connectivity index (χ2n) is 6.08. The summed E-state index contributed by atoms with van der Waals surface area (Å²) in [5.74, 6) is -1.04. The van der Waals surface area contributed by atoms with E-state index in [-0.39, 0.29) is 12.3 Å². The molecule has 0 saturated carbocycles. The number of benzene rings is 1. The van der Waals surface area contributed by atoms with Crippen LogP contribution in [0.2, 0.25) is 0 Å². The molecule has 5 nitrogen and oxygen atoms in total. The summed E-state index contributed by atoms with van der Waals surface area (Å²) in [6.45, 7) is 1.83. The van der Waals surface area contributed by atoms with E-state index in [1.807, 2.05) is 37.4 Å². The summed E-state index contributed by atoms with van der Waals surface area (Å²) < 4.78 is 34.0. The molecule has 1 atom stereocenters. The second-order valence-corrected chi connectivity index (χ2v) is 7.49. The Labute approximate surface area is 137 Å². The number of halogens is 1. The fraction of sp³-hybridized carbons (Fsp3) is 0.562. The first kappa shape index (κ1) is 17.7. The second kappa shape index (κ2) is 7.77. The van der Waals surface area contributed by atoms with E-state index in [1.165, 1.54) is 0 Å². The van der Waals surface area contributed by atoms with Crippen LogP contribution in [0.3, 0.4) is 0 Å². The highest BCUT2D eigenvalue weighted by Crippen LogP contribution is 2.20. The molecule has 1 amide bonds. The van der Waals surface area contributed by atoms with Crippen LogP contribution in [-0.2, 0) is 15.0 Å². The quantitative estimate of drug-likeness (QED) is 0.536. The number of unbranched alkanes of at least 4 members (excludes halogenated alkanes) is 1. The molecule has 0 bridgehead atoms. The van der Waals surface area contributed by atoms with Crippen LogP contribution in [-0.4, -0.2) is 51.7 Å². The average molecular weight is 342 g/mol. The number of amides is 1. The minimum atomic E-state index is -4.51. The Bertz CT molecular complexity index is 621. The molecule has 1 aromatic rings. The van der Waals surface area contributed by atoms with Crippen LogP contribution in [0.4, 0.5) is 9.57 Å². The van der Waals surface area contributed by atoms with Crippen molar-refractivity contribution in [1.29, 1.82) is 0 Å². The molecule has 1 heterocycles. The Hall–Kier alpha value is -1.63. The SMILES string of the molecule is CN(CCCCN1CC(CS(=O)(=O)F)CC1=O)c1ccccc1. The lowest BCUT2D eigenvalue weighted by Gasteiger charge is -2.20. The zero-order chi connectivity index (χ0) is 16.9. The monoisotopic (exact) mass is 342 g/mol. The van der Waals surface area contributed by atoms with Crippen molar-refractivity contribution in [2.45, 2.75) is 19.3 Å². The van der Waals surface area contributed by atoms with Gasteiger partial charge < -0.3 is 9.80 Å². The molecule has 128 valence electrons. The van der Waals surface area contributed by atoms with Crippen LogP contribution in [0.5, 0.6) is 0 Å². The zero-order valence-corrected chi connectivity index (χ0v) is 14.1. The van der Waals surface area contributed by atoms with Crippen molar-refractivity contribution < 1.29 is 17.1 Å². The highest BCUT2D eigenvalue weighted by atomic mass is 32.3. The maximum atomic E-state index is 12.7. The molecular weight excluding hydrogens is 319 g/mol. The first-order chi connectivity index (χ1) is 10.8. The molecule has 1 saturated heterocycles. The first-order valence-corrected chi connectivity index (χ1v) is 9.37. The number of anilines is 1. The van der Waals surface area contributed by atoms with Gasteiger partial charge in [0.05, 0.1) is 5.75 Å². The molecule has 0 aliphatic carbocycles. The van der Waals surface area contributed by atoms with E-state index in [9.17, 15) is 17.1 Å². The molecule has 0 N–H and O–H groups in total. The van der Waals surface area contributed by atoms with Gasteiger partial charge in [0.1, 0.15) is 0 Å². The number of para-hydroxylation sites is 1. The van der Waals surface area contributed by atoms with Gasteiger partial charge >= 0.3 is 10.2 Å². The van der Waals surface area contributed by atoms with Crippen LogP contribution in [0.25, 0.3) is 0 Å². The number of nitrogens with zero attached hydrogens (tertiary/aromatic N) is 2. The molecule has 0 radical (unpaired) electrons. The fourth-order valence-electron chi connectivity index (χ4n) is 2.93. The maximum absolute atomic E-state index is 12.7. The summed E-state index contributed by atoms with van der Waals surface area (Å²) in [7, 11) is -2.48.